The van der Waals surface area contributed by atoms with Gasteiger partial charge in [-0.25, -0.2) is 4.79 Å². The molecule has 0 saturated carbocycles. The minimum Gasteiger partial charge on any atom is -0.449 e. The van der Waals surface area contributed by atoms with E-state index in [1.165, 1.54) is 6.08 Å². The van der Waals surface area contributed by atoms with Crippen molar-refractivity contribution in [3.05, 3.63) is 76.8 Å². The van der Waals surface area contributed by atoms with Gasteiger partial charge in [-0.3, -0.25) is 0 Å². The molecule has 0 aliphatic rings. The molecule has 2 nitrogen and oxygen atoms in total. The van der Waals surface area contributed by atoms with Crippen LogP contribution in [0, 0.1) is 11.8 Å². The molecule has 0 aliphatic heterocycles. The lowest BCUT2D eigenvalue weighted by Crippen LogP contribution is -2.00. The summed E-state index contributed by atoms with van der Waals surface area (Å²) in [6, 6.07) is 16.7. The van der Waals surface area contributed by atoms with Gasteiger partial charge in [0.1, 0.15) is 0 Å². The van der Waals surface area contributed by atoms with Crippen molar-refractivity contribution in [1.82, 2.24) is 0 Å². The van der Waals surface area contributed by atoms with E-state index in [9.17, 15) is 4.79 Å². The first-order valence-electron chi connectivity index (χ1n) is 6.38. The first kappa shape index (κ1) is 14.9. The van der Waals surface area contributed by atoms with Crippen molar-refractivity contribution in [2.24, 2.45) is 0 Å². The van der Waals surface area contributed by atoms with Crippen molar-refractivity contribution in [2.75, 3.05) is 6.61 Å². The number of hydrogen-bond donors (Lipinski definition) is 0. The molecule has 2 aromatic carbocycles. The molecule has 0 amide bonds. The van der Waals surface area contributed by atoms with E-state index in [4.69, 9.17) is 16.3 Å². The smallest absolute Gasteiger partial charge is 0.331 e. The number of halogens is 1. The second kappa shape index (κ2) is 7.94. The second-order valence-corrected chi connectivity index (χ2v) is 4.60. The van der Waals surface area contributed by atoms with Crippen molar-refractivity contribution in [2.45, 2.75) is 0 Å². The highest BCUT2D eigenvalue weighted by molar-refractivity contribution is 6.30. The predicted octanol–water partition coefficient (Wildman–Crippen LogP) is 3.95. The molecule has 2 aromatic rings. The van der Waals surface area contributed by atoms with Gasteiger partial charge in [0, 0.05) is 16.7 Å². The molecule has 0 spiro atoms. The monoisotopic (exact) mass is 296 g/mol. The lowest BCUT2D eigenvalue weighted by Gasteiger charge is -1.96. The standard InChI is InChI=1S/C18H13ClO2/c19-17-10-4-8-16(14-17)11-12-18(20)21-13-5-9-15-6-2-1-3-7-15/h1-4,6-8,10-12,14H,13H2/b12-11+. The number of benzene rings is 2. The van der Waals surface area contributed by atoms with E-state index in [0.717, 1.165) is 11.1 Å². The van der Waals surface area contributed by atoms with Crippen LogP contribution in [0.5, 0.6) is 0 Å². The first-order chi connectivity index (χ1) is 10.2. The Morgan fingerprint density at radius 2 is 1.95 bits per heavy atom. The van der Waals surface area contributed by atoms with Crippen molar-refractivity contribution >= 4 is 23.6 Å². The van der Waals surface area contributed by atoms with Gasteiger partial charge in [-0.15, -0.1) is 0 Å². The Hall–Kier alpha value is -2.50. The van der Waals surface area contributed by atoms with Crippen molar-refractivity contribution in [1.29, 1.82) is 0 Å². The Morgan fingerprint density at radius 1 is 1.14 bits per heavy atom. The molecule has 0 bridgehead atoms. The Morgan fingerprint density at radius 3 is 2.71 bits per heavy atom. The topological polar surface area (TPSA) is 26.3 Å². The zero-order valence-corrected chi connectivity index (χ0v) is 12.0. The molecule has 2 rings (SSSR count). The molecule has 0 unspecified atom stereocenters. The molecule has 21 heavy (non-hydrogen) atoms. The molecule has 0 aromatic heterocycles. The zero-order valence-electron chi connectivity index (χ0n) is 11.3. The van der Waals surface area contributed by atoms with Gasteiger partial charge in [0.25, 0.3) is 0 Å². The van der Waals surface area contributed by atoms with Crippen LogP contribution in [0.2, 0.25) is 5.02 Å². The summed E-state index contributed by atoms with van der Waals surface area (Å²) in [7, 11) is 0. The zero-order chi connectivity index (χ0) is 14.9. The molecule has 0 aliphatic carbocycles. The van der Waals surface area contributed by atoms with Gasteiger partial charge in [0.15, 0.2) is 6.61 Å². The van der Waals surface area contributed by atoms with Crippen LogP contribution in [0.3, 0.4) is 0 Å². The molecule has 0 heterocycles. The highest BCUT2D eigenvalue weighted by atomic mass is 35.5. The molecule has 3 heteroatoms. The van der Waals surface area contributed by atoms with Gasteiger partial charge in [-0.2, -0.15) is 0 Å². The number of ether oxygens (including phenoxy) is 1. The van der Waals surface area contributed by atoms with Crippen molar-refractivity contribution in [3.63, 3.8) is 0 Å². The largest absolute Gasteiger partial charge is 0.449 e. The predicted molar refractivity (Wildman–Crippen MR) is 84.8 cm³/mol. The maximum Gasteiger partial charge on any atom is 0.331 e. The van der Waals surface area contributed by atoms with Crippen molar-refractivity contribution in [3.8, 4) is 11.8 Å². The fraction of sp³-hybridized carbons (Fsp3) is 0.0556. The minimum absolute atomic E-state index is 0.0631. The molecule has 0 atom stereocenters. The molecular formula is C18H13ClO2. The normalized spacial score (nSPS) is 9.95. The molecule has 0 radical (unpaired) electrons. The van der Waals surface area contributed by atoms with Crippen molar-refractivity contribution < 1.29 is 9.53 Å². The average molecular weight is 297 g/mol. The summed E-state index contributed by atoms with van der Waals surface area (Å²) in [5.41, 5.74) is 1.73. The van der Waals surface area contributed by atoms with Crippen LogP contribution >= 0.6 is 11.6 Å². The number of carbonyl (C=O) groups excluding carboxylic acids is 1. The number of carbonyl (C=O) groups is 1. The lowest BCUT2D eigenvalue weighted by molar-refractivity contribution is -0.136. The second-order valence-electron chi connectivity index (χ2n) is 4.16. The quantitative estimate of drug-likeness (QED) is 0.487. The van der Waals surface area contributed by atoms with Crippen LogP contribution < -0.4 is 0 Å². The van der Waals surface area contributed by atoms with Gasteiger partial charge in [0.05, 0.1) is 0 Å². The lowest BCUT2D eigenvalue weighted by atomic mass is 10.2. The van der Waals surface area contributed by atoms with Gasteiger partial charge < -0.3 is 4.74 Å². The van der Waals surface area contributed by atoms with Crippen LogP contribution in [0.1, 0.15) is 11.1 Å². The van der Waals surface area contributed by atoms with Crippen LogP contribution in [0.15, 0.2) is 60.7 Å². The van der Waals surface area contributed by atoms with Gasteiger partial charge in [0.2, 0.25) is 0 Å². The fourth-order valence-electron chi connectivity index (χ4n) is 1.59. The summed E-state index contributed by atoms with van der Waals surface area (Å²) in [6.45, 7) is 0.0631. The van der Waals surface area contributed by atoms with Gasteiger partial charge in [-0.1, -0.05) is 53.8 Å². The molecular weight excluding hydrogens is 284 g/mol. The Balaban J connectivity index is 1.82. The highest BCUT2D eigenvalue weighted by Gasteiger charge is 1.95. The number of rotatable bonds is 3. The van der Waals surface area contributed by atoms with E-state index < -0.39 is 5.97 Å². The molecule has 0 fully saturated rings. The summed E-state index contributed by atoms with van der Waals surface area (Å²) in [6.07, 6.45) is 3.01. The van der Waals surface area contributed by atoms with E-state index in [-0.39, 0.29) is 6.61 Å². The Kier molecular flexibility index (Phi) is 5.63. The summed E-state index contributed by atoms with van der Waals surface area (Å²) in [5, 5.41) is 0.624. The third-order valence-corrected chi connectivity index (χ3v) is 2.79. The number of esters is 1. The van der Waals surface area contributed by atoms with Gasteiger partial charge in [-0.05, 0) is 35.9 Å². The third-order valence-electron chi connectivity index (χ3n) is 2.55. The first-order valence-corrected chi connectivity index (χ1v) is 6.76. The molecule has 0 saturated heterocycles. The van der Waals surface area contributed by atoms with Gasteiger partial charge >= 0.3 is 5.97 Å². The van der Waals surface area contributed by atoms with E-state index in [2.05, 4.69) is 11.8 Å². The van der Waals surface area contributed by atoms with E-state index in [1.807, 2.05) is 42.5 Å². The van der Waals surface area contributed by atoms with Crippen LogP contribution in [-0.4, -0.2) is 12.6 Å². The molecule has 0 N–H and O–H groups in total. The van der Waals surface area contributed by atoms with Crippen LogP contribution in [0.4, 0.5) is 0 Å². The highest BCUT2D eigenvalue weighted by Crippen LogP contribution is 2.11. The molecule has 104 valence electrons. The van der Waals surface area contributed by atoms with E-state index in [0.29, 0.717) is 5.02 Å². The summed E-state index contributed by atoms with van der Waals surface area (Å²) < 4.78 is 4.98. The van der Waals surface area contributed by atoms with Crippen LogP contribution in [-0.2, 0) is 9.53 Å². The number of hydrogen-bond acceptors (Lipinski definition) is 2. The third kappa shape index (κ3) is 5.56. The maximum absolute atomic E-state index is 11.5. The van der Waals surface area contributed by atoms with Crippen LogP contribution in [0.25, 0.3) is 6.08 Å². The van der Waals surface area contributed by atoms with E-state index in [1.54, 1.807) is 18.2 Å². The maximum atomic E-state index is 11.5. The Labute approximate surface area is 129 Å². The summed E-state index contributed by atoms with van der Waals surface area (Å²) in [4.78, 5) is 11.5. The van der Waals surface area contributed by atoms with E-state index >= 15 is 0 Å². The SMILES string of the molecule is O=C(/C=C/c1cccc(Cl)c1)OCC#Cc1ccccc1. The minimum atomic E-state index is -0.433. The summed E-state index contributed by atoms with van der Waals surface area (Å²) in [5.74, 6) is 5.27. The average Bonchev–Trinajstić information content (AvgIpc) is 2.51. The Bertz CT molecular complexity index is 694. The summed E-state index contributed by atoms with van der Waals surface area (Å²) >= 11 is 5.85. The fourth-order valence-corrected chi connectivity index (χ4v) is 1.79.